The second-order valence-electron chi connectivity index (χ2n) is 5.40. The molecule has 0 aliphatic carbocycles. The quantitative estimate of drug-likeness (QED) is 0.858. The lowest BCUT2D eigenvalue weighted by molar-refractivity contribution is 0.218. The summed E-state index contributed by atoms with van der Waals surface area (Å²) >= 11 is 0. The fraction of sp³-hybridized carbons (Fsp3) is 0.625. The molecule has 1 aliphatic rings. The number of hydrogen-bond acceptors (Lipinski definition) is 2. The van der Waals surface area contributed by atoms with Crippen molar-refractivity contribution in [2.24, 2.45) is 5.92 Å². The van der Waals surface area contributed by atoms with Crippen LogP contribution in [0.3, 0.4) is 0 Å². The molecule has 0 aromatic heterocycles. The van der Waals surface area contributed by atoms with Crippen LogP contribution in [0.4, 0.5) is 0 Å². The predicted octanol–water partition coefficient (Wildman–Crippen LogP) is 3.58. The maximum atomic E-state index is 5.87. The molecular formula is C16H25NO. The normalized spacial score (nSPS) is 21.6. The second kappa shape index (κ2) is 6.79. The lowest BCUT2D eigenvalue weighted by Crippen LogP contribution is -2.33. The minimum absolute atomic E-state index is 0.640. The highest BCUT2D eigenvalue weighted by Crippen LogP contribution is 2.22. The molecule has 1 saturated heterocycles. The Bertz CT molecular complexity index is 341. The smallest absolute Gasteiger partial charge is 0.119 e. The molecule has 1 N–H and O–H groups in total. The Hall–Kier alpha value is -1.02. The van der Waals surface area contributed by atoms with E-state index in [0.717, 1.165) is 18.9 Å². The molecule has 0 bridgehead atoms. The van der Waals surface area contributed by atoms with E-state index in [-0.39, 0.29) is 0 Å². The maximum absolute atomic E-state index is 5.87. The van der Waals surface area contributed by atoms with Crippen LogP contribution >= 0.6 is 0 Å². The third kappa shape index (κ3) is 3.74. The molecule has 1 aliphatic heterocycles. The molecule has 1 aromatic rings. The van der Waals surface area contributed by atoms with Crippen molar-refractivity contribution in [3.05, 3.63) is 29.8 Å². The number of nitrogens with one attached hydrogen (secondary N) is 1. The van der Waals surface area contributed by atoms with Crippen LogP contribution in [-0.4, -0.2) is 19.7 Å². The van der Waals surface area contributed by atoms with Crippen molar-refractivity contribution >= 4 is 0 Å². The van der Waals surface area contributed by atoms with Gasteiger partial charge in [-0.3, -0.25) is 0 Å². The van der Waals surface area contributed by atoms with E-state index in [1.165, 1.54) is 31.4 Å². The van der Waals surface area contributed by atoms with Gasteiger partial charge in [-0.05, 0) is 49.4 Å². The molecule has 0 radical (unpaired) electrons. The topological polar surface area (TPSA) is 21.3 Å². The monoisotopic (exact) mass is 247 g/mol. The summed E-state index contributed by atoms with van der Waals surface area (Å²) < 4.78 is 5.87. The number of piperidine rings is 1. The summed E-state index contributed by atoms with van der Waals surface area (Å²) in [5.74, 6) is 2.32. The van der Waals surface area contributed by atoms with Gasteiger partial charge in [0.1, 0.15) is 5.75 Å². The summed E-state index contributed by atoms with van der Waals surface area (Å²) in [5, 5.41) is 3.42. The van der Waals surface area contributed by atoms with Crippen LogP contribution in [0.2, 0.25) is 0 Å². The molecule has 0 unspecified atom stereocenters. The Morgan fingerprint density at radius 2 is 2.11 bits per heavy atom. The zero-order valence-electron chi connectivity index (χ0n) is 11.6. The number of rotatable bonds is 5. The number of hydrogen-bond donors (Lipinski definition) is 1. The Balaban J connectivity index is 1.82. The third-order valence-electron chi connectivity index (χ3n) is 3.95. The van der Waals surface area contributed by atoms with Gasteiger partial charge in [0.05, 0.1) is 6.61 Å². The molecule has 2 rings (SSSR count). The molecule has 1 fully saturated rings. The van der Waals surface area contributed by atoms with Gasteiger partial charge in [-0.15, -0.1) is 0 Å². The van der Waals surface area contributed by atoms with Crippen molar-refractivity contribution in [1.29, 1.82) is 0 Å². The summed E-state index contributed by atoms with van der Waals surface area (Å²) in [6, 6.07) is 8.61. The SMILES string of the molecule is CC[C@H](C)c1ccc(OC[C@@H]2CCCNC2)cc1. The van der Waals surface area contributed by atoms with E-state index in [9.17, 15) is 0 Å². The average Bonchev–Trinajstić information content (AvgIpc) is 2.46. The van der Waals surface area contributed by atoms with Crippen LogP contribution in [0.25, 0.3) is 0 Å². The molecule has 2 nitrogen and oxygen atoms in total. The van der Waals surface area contributed by atoms with Crippen LogP contribution in [0, 0.1) is 5.92 Å². The summed E-state index contributed by atoms with van der Waals surface area (Å²) in [6.07, 6.45) is 3.76. The second-order valence-corrected chi connectivity index (χ2v) is 5.40. The van der Waals surface area contributed by atoms with Gasteiger partial charge in [-0.1, -0.05) is 26.0 Å². The molecule has 100 valence electrons. The van der Waals surface area contributed by atoms with Crippen molar-refractivity contribution in [3.8, 4) is 5.75 Å². The number of benzene rings is 1. The summed E-state index contributed by atoms with van der Waals surface area (Å²) in [6.45, 7) is 7.61. The Morgan fingerprint density at radius 1 is 1.33 bits per heavy atom. The van der Waals surface area contributed by atoms with E-state index in [1.54, 1.807) is 0 Å². The van der Waals surface area contributed by atoms with Gasteiger partial charge in [0, 0.05) is 12.5 Å². The highest BCUT2D eigenvalue weighted by molar-refractivity contribution is 5.29. The van der Waals surface area contributed by atoms with Crippen molar-refractivity contribution in [2.45, 2.75) is 39.0 Å². The van der Waals surface area contributed by atoms with Gasteiger partial charge in [-0.2, -0.15) is 0 Å². The Labute approximate surface area is 111 Å². The summed E-state index contributed by atoms with van der Waals surface area (Å²) in [4.78, 5) is 0. The van der Waals surface area contributed by atoms with Crippen LogP contribution in [0.15, 0.2) is 24.3 Å². The Kier molecular flexibility index (Phi) is 5.06. The van der Waals surface area contributed by atoms with E-state index in [1.807, 2.05) is 0 Å². The first kappa shape index (κ1) is 13.4. The minimum Gasteiger partial charge on any atom is -0.493 e. The molecular weight excluding hydrogens is 222 g/mol. The lowest BCUT2D eigenvalue weighted by atomic mass is 9.99. The van der Waals surface area contributed by atoms with Gasteiger partial charge in [0.15, 0.2) is 0 Å². The first-order valence-corrected chi connectivity index (χ1v) is 7.23. The van der Waals surface area contributed by atoms with E-state index < -0.39 is 0 Å². The average molecular weight is 247 g/mol. The molecule has 1 heterocycles. The molecule has 0 amide bonds. The number of ether oxygens (including phenoxy) is 1. The van der Waals surface area contributed by atoms with Crippen molar-refractivity contribution in [1.82, 2.24) is 5.32 Å². The van der Waals surface area contributed by atoms with Crippen LogP contribution in [0.5, 0.6) is 5.75 Å². The summed E-state index contributed by atoms with van der Waals surface area (Å²) in [7, 11) is 0. The maximum Gasteiger partial charge on any atom is 0.119 e. The van der Waals surface area contributed by atoms with Gasteiger partial charge in [0.2, 0.25) is 0 Å². The zero-order chi connectivity index (χ0) is 12.8. The highest BCUT2D eigenvalue weighted by Gasteiger charge is 2.13. The van der Waals surface area contributed by atoms with Gasteiger partial charge >= 0.3 is 0 Å². The van der Waals surface area contributed by atoms with E-state index >= 15 is 0 Å². The van der Waals surface area contributed by atoms with Gasteiger partial charge in [0.25, 0.3) is 0 Å². The van der Waals surface area contributed by atoms with Crippen molar-refractivity contribution in [2.75, 3.05) is 19.7 Å². The first-order valence-electron chi connectivity index (χ1n) is 7.23. The van der Waals surface area contributed by atoms with Gasteiger partial charge in [-0.25, -0.2) is 0 Å². The molecule has 0 spiro atoms. The van der Waals surface area contributed by atoms with Crippen LogP contribution in [0.1, 0.15) is 44.6 Å². The molecule has 18 heavy (non-hydrogen) atoms. The zero-order valence-corrected chi connectivity index (χ0v) is 11.6. The molecule has 0 saturated carbocycles. The lowest BCUT2D eigenvalue weighted by Gasteiger charge is -2.22. The molecule has 2 heteroatoms. The minimum atomic E-state index is 0.640. The highest BCUT2D eigenvalue weighted by atomic mass is 16.5. The van der Waals surface area contributed by atoms with Crippen LogP contribution in [-0.2, 0) is 0 Å². The summed E-state index contributed by atoms with van der Waals surface area (Å²) in [5.41, 5.74) is 1.41. The van der Waals surface area contributed by atoms with E-state index in [0.29, 0.717) is 11.8 Å². The third-order valence-corrected chi connectivity index (χ3v) is 3.95. The standard InChI is InChI=1S/C16H25NO/c1-3-13(2)15-6-8-16(9-7-15)18-12-14-5-4-10-17-11-14/h6-9,13-14,17H,3-5,10-12H2,1-2H3/t13-,14+/m0/s1. The van der Waals surface area contributed by atoms with Crippen LogP contribution < -0.4 is 10.1 Å². The predicted molar refractivity (Wildman–Crippen MR) is 76.2 cm³/mol. The van der Waals surface area contributed by atoms with Gasteiger partial charge < -0.3 is 10.1 Å². The Morgan fingerprint density at radius 3 is 2.72 bits per heavy atom. The van der Waals surface area contributed by atoms with Crippen molar-refractivity contribution < 1.29 is 4.74 Å². The van der Waals surface area contributed by atoms with E-state index in [4.69, 9.17) is 4.74 Å². The first-order chi connectivity index (χ1) is 8.79. The fourth-order valence-corrected chi connectivity index (χ4v) is 2.41. The largest absolute Gasteiger partial charge is 0.493 e. The molecule has 2 atom stereocenters. The van der Waals surface area contributed by atoms with Crippen molar-refractivity contribution in [3.63, 3.8) is 0 Å². The fourth-order valence-electron chi connectivity index (χ4n) is 2.41. The molecule has 1 aromatic carbocycles. The van der Waals surface area contributed by atoms with E-state index in [2.05, 4.69) is 43.4 Å².